The van der Waals surface area contributed by atoms with Crippen molar-refractivity contribution in [3.63, 3.8) is 0 Å². The van der Waals surface area contributed by atoms with Gasteiger partial charge in [0.15, 0.2) is 11.3 Å². The Morgan fingerprint density at radius 2 is 1.53 bits per heavy atom. The predicted octanol–water partition coefficient (Wildman–Crippen LogP) is 3.70. The van der Waals surface area contributed by atoms with Crippen LogP contribution in [0.1, 0.15) is 30.9 Å². The van der Waals surface area contributed by atoms with E-state index in [1.54, 1.807) is 6.07 Å². The Labute approximate surface area is 110 Å². The topological polar surface area (TPSA) is 72.5 Å². The Kier molecular flexibility index (Phi) is 2.26. The van der Waals surface area contributed by atoms with Crippen LogP contribution in [0, 0.1) is 13.8 Å². The van der Waals surface area contributed by atoms with Crippen LogP contribution in [0.5, 0.6) is 5.75 Å². The first-order valence-corrected chi connectivity index (χ1v) is 6.23. The number of hydrogen-bond donors (Lipinski definition) is 2. The molecule has 100 valence electrons. The molecule has 0 saturated heterocycles. The molecule has 0 unspecified atom stereocenters. The van der Waals surface area contributed by atoms with Crippen molar-refractivity contribution in [3.05, 3.63) is 29.2 Å². The fraction of sp³-hybridized carbons (Fsp3) is 0.333. The van der Waals surface area contributed by atoms with E-state index in [0.29, 0.717) is 16.6 Å². The summed E-state index contributed by atoms with van der Waals surface area (Å²) in [5, 5.41) is 11.8. The highest BCUT2D eigenvalue weighted by atomic mass is 16.4. The van der Waals surface area contributed by atoms with Gasteiger partial charge in [0.2, 0.25) is 0 Å². The highest BCUT2D eigenvalue weighted by Gasteiger charge is 2.27. The van der Waals surface area contributed by atoms with Crippen LogP contribution in [0.2, 0.25) is 0 Å². The van der Waals surface area contributed by atoms with Crippen molar-refractivity contribution in [3.8, 4) is 5.75 Å². The van der Waals surface area contributed by atoms with Gasteiger partial charge in [0, 0.05) is 16.5 Å². The second kappa shape index (κ2) is 3.54. The van der Waals surface area contributed by atoms with Gasteiger partial charge in [-0.25, -0.2) is 0 Å². The van der Waals surface area contributed by atoms with Crippen molar-refractivity contribution in [2.45, 2.75) is 33.2 Å². The van der Waals surface area contributed by atoms with Gasteiger partial charge in [-0.05, 0) is 39.8 Å². The number of aryl methyl sites for hydroxylation is 2. The molecule has 4 heteroatoms. The maximum absolute atomic E-state index is 10.3. The third kappa shape index (κ3) is 1.64. The van der Waals surface area contributed by atoms with Crippen molar-refractivity contribution in [2.75, 3.05) is 0 Å². The van der Waals surface area contributed by atoms with Gasteiger partial charge in [-0.15, -0.1) is 0 Å². The molecule has 1 aromatic carbocycles. The number of phenolic OH excluding ortho intramolecular Hbond substituents is 1. The van der Waals surface area contributed by atoms with E-state index in [-0.39, 0.29) is 5.75 Å². The number of phenols is 1. The molecular formula is C15H17NO3. The monoisotopic (exact) mass is 259 g/mol. The summed E-state index contributed by atoms with van der Waals surface area (Å²) in [5.74, 6) is 1.59. The highest BCUT2D eigenvalue weighted by molar-refractivity contribution is 6.05. The van der Waals surface area contributed by atoms with E-state index >= 15 is 0 Å². The summed E-state index contributed by atoms with van der Waals surface area (Å²) in [7, 11) is 0. The average molecular weight is 259 g/mol. The van der Waals surface area contributed by atoms with Crippen molar-refractivity contribution >= 4 is 21.9 Å². The Morgan fingerprint density at radius 1 is 1.00 bits per heavy atom. The molecule has 2 heterocycles. The van der Waals surface area contributed by atoms with E-state index in [9.17, 15) is 5.11 Å². The van der Waals surface area contributed by atoms with Crippen LogP contribution in [-0.2, 0) is 5.54 Å². The molecular weight excluding hydrogens is 242 g/mol. The van der Waals surface area contributed by atoms with Gasteiger partial charge in [-0.3, -0.25) is 0 Å². The average Bonchev–Trinajstić information content (AvgIpc) is 2.80. The summed E-state index contributed by atoms with van der Waals surface area (Å²) >= 11 is 0. The lowest BCUT2D eigenvalue weighted by atomic mass is 9.90. The molecule has 4 nitrogen and oxygen atoms in total. The Bertz CT molecular complexity index is 730. The number of aromatic hydroxyl groups is 1. The molecule has 0 aliphatic rings. The Balaban J connectivity index is 2.62. The van der Waals surface area contributed by atoms with Crippen LogP contribution in [0.4, 0.5) is 0 Å². The number of rotatable bonds is 1. The molecule has 3 aromatic rings. The standard InChI is InChI=1S/C15H17NO3/c1-7-5-9-11(15(3,4)16)13-10(6-8(2)18-13)12(17)14(9)19-7/h5-6,17H,16H2,1-4H3. The number of benzene rings is 1. The molecule has 3 N–H and O–H groups in total. The van der Waals surface area contributed by atoms with Gasteiger partial charge < -0.3 is 19.7 Å². The summed E-state index contributed by atoms with van der Waals surface area (Å²) in [6.07, 6.45) is 0. The first-order chi connectivity index (χ1) is 8.79. The van der Waals surface area contributed by atoms with E-state index in [0.717, 1.165) is 22.5 Å². The highest BCUT2D eigenvalue weighted by Crippen LogP contribution is 2.43. The number of hydrogen-bond acceptors (Lipinski definition) is 4. The number of furan rings is 2. The molecule has 0 radical (unpaired) electrons. The minimum Gasteiger partial charge on any atom is -0.504 e. The minimum atomic E-state index is -0.592. The third-order valence-electron chi connectivity index (χ3n) is 3.32. The van der Waals surface area contributed by atoms with Crippen molar-refractivity contribution in [2.24, 2.45) is 5.73 Å². The zero-order chi connectivity index (χ0) is 13.9. The van der Waals surface area contributed by atoms with E-state index in [4.69, 9.17) is 14.6 Å². The SMILES string of the molecule is Cc1cc2c(C(C)(C)N)c3oc(C)cc3c(O)c2o1. The quantitative estimate of drug-likeness (QED) is 0.699. The van der Waals surface area contributed by atoms with Gasteiger partial charge in [0.1, 0.15) is 17.1 Å². The summed E-state index contributed by atoms with van der Waals surface area (Å²) in [6.45, 7) is 7.52. The van der Waals surface area contributed by atoms with Gasteiger partial charge in [-0.2, -0.15) is 0 Å². The summed E-state index contributed by atoms with van der Waals surface area (Å²) in [5.41, 5.74) is 7.65. The number of nitrogens with two attached hydrogens (primary N) is 1. The smallest absolute Gasteiger partial charge is 0.177 e. The second-order valence-electron chi connectivity index (χ2n) is 5.64. The van der Waals surface area contributed by atoms with Crippen molar-refractivity contribution < 1.29 is 13.9 Å². The lowest BCUT2D eigenvalue weighted by molar-refractivity contribution is 0.465. The van der Waals surface area contributed by atoms with Gasteiger partial charge in [0.25, 0.3) is 0 Å². The normalized spacial score (nSPS) is 12.7. The molecule has 0 aliphatic carbocycles. The van der Waals surface area contributed by atoms with E-state index in [1.165, 1.54) is 0 Å². The van der Waals surface area contributed by atoms with Crippen LogP contribution < -0.4 is 5.73 Å². The Hall–Kier alpha value is -1.94. The lowest BCUT2D eigenvalue weighted by Gasteiger charge is -2.20. The van der Waals surface area contributed by atoms with Crippen molar-refractivity contribution in [1.29, 1.82) is 0 Å². The minimum absolute atomic E-state index is 0.114. The molecule has 0 atom stereocenters. The van der Waals surface area contributed by atoms with Crippen LogP contribution in [0.25, 0.3) is 21.9 Å². The van der Waals surface area contributed by atoms with Crippen LogP contribution in [0.3, 0.4) is 0 Å². The Morgan fingerprint density at radius 3 is 2.11 bits per heavy atom. The predicted molar refractivity (Wildman–Crippen MR) is 74.3 cm³/mol. The first kappa shape index (κ1) is 12.1. The molecule has 3 rings (SSSR count). The molecule has 0 bridgehead atoms. The summed E-state index contributed by atoms with van der Waals surface area (Å²) in [4.78, 5) is 0. The first-order valence-electron chi connectivity index (χ1n) is 6.23. The molecule has 19 heavy (non-hydrogen) atoms. The van der Waals surface area contributed by atoms with Crippen molar-refractivity contribution in [1.82, 2.24) is 0 Å². The van der Waals surface area contributed by atoms with Gasteiger partial charge >= 0.3 is 0 Å². The van der Waals surface area contributed by atoms with E-state index in [1.807, 2.05) is 33.8 Å². The van der Waals surface area contributed by atoms with E-state index < -0.39 is 5.54 Å². The van der Waals surface area contributed by atoms with Gasteiger partial charge in [0.05, 0.1) is 5.39 Å². The molecule has 2 aromatic heterocycles. The van der Waals surface area contributed by atoms with Crippen LogP contribution in [0.15, 0.2) is 21.0 Å². The molecule has 0 saturated carbocycles. The molecule has 0 amide bonds. The largest absolute Gasteiger partial charge is 0.504 e. The molecule has 0 fully saturated rings. The summed E-state index contributed by atoms with van der Waals surface area (Å²) < 4.78 is 11.3. The van der Waals surface area contributed by atoms with E-state index in [2.05, 4.69) is 0 Å². The fourth-order valence-electron chi connectivity index (χ4n) is 2.64. The fourth-order valence-corrected chi connectivity index (χ4v) is 2.64. The zero-order valence-electron chi connectivity index (χ0n) is 11.5. The number of fused-ring (bicyclic) bond motifs is 2. The van der Waals surface area contributed by atoms with Crippen LogP contribution >= 0.6 is 0 Å². The molecule has 0 spiro atoms. The molecule has 0 aliphatic heterocycles. The summed E-state index contributed by atoms with van der Waals surface area (Å²) in [6, 6.07) is 3.69. The second-order valence-corrected chi connectivity index (χ2v) is 5.64. The third-order valence-corrected chi connectivity index (χ3v) is 3.32. The van der Waals surface area contributed by atoms with Crippen LogP contribution in [-0.4, -0.2) is 5.11 Å². The maximum atomic E-state index is 10.3. The van der Waals surface area contributed by atoms with Gasteiger partial charge in [-0.1, -0.05) is 0 Å². The maximum Gasteiger partial charge on any atom is 0.177 e. The lowest BCUT2D eigenvalue weighted by Crippen LogP contribution is -2.29. The zero-order valence-corrected chi connectivity index (χ0v) is 11.5.